The van der Waals surface area contributed by atoms with Crippen LogP contribution < -0.4 is 4.90 Å². The van der Waals surface area contributed by atoms with E-state index in [9.17, 15) is 4.79 Å². The van der Waals surface area contributed by atoms with Crippen LogP contribution >= 0.6 is 11.3 Å². The summed E-state index contributed by atoms with van der Waals surface area (Å²) in [6, 6.07) is 2.12. The molecule has 5 heteroatoms. The smallest absolute Gasteiger partial charge is 0.345 e. The standard InChI is InChI=1S/C12H20N2O2S/c1-5-14(9(2)7-13(3)4)10-6-11(12(15)16)17-8-10/h6,8-9H,5,7H2,1-4H3,(H,15,16). The lowest BCUT2D eigenvalue weighted by Gasteiger charge is -2.31. The van der Waals surface area contributed by atoms with Gasteiger partial charge in [0.1, 0.15) is 4.88 Å². The summed E-state index contributed by atoms with van der Waals surface area (Å²) in [5, 5.41) is 10.8. The normalized spacial score (nSPS) is 12.8. The summed E-state index contributed by atoms with van der Waals surface area (Å²) >= 11 is 1.28. The van der Waals surface area contributed by atoms with E-state index < -0.39 is 5.97 Å². The van der Waals surface area contributed by atoms with E-state index in [1.54, 1.807) is 6.07 Å². The molecule has 1 heterocycles. The molecule has 0 saturated heterocycles. The lowest BCUT2D eigenvalue weighted by Crippen LogP contribution is -2.39. The molecule has 17 heavy (non-hydrogen) atoms. The number of aromatic carboxylic acids is 1. The molecule has 96 valence electrons. The van der Waals surface area contributed by atoms with Crippen molar-refractivity contribution in [1.29, 1.82) is 0 Å². The van der Waals surface area contributed by atoms with Crippen LogP contribution in [-0.4, -0.2) is 49.2 Å². The Bertz CT molecular complexity index is 376. The maximum atomic E-state index is 10.9. The Morgan fingerprint density at radius 2 is 2.18 bits per heavy atom. The van der Waals surface area contributed by atoms with E-state index in [1.807, 2.05) is 19.5 Å². The number of rotatable bonds is 6. The van der Waals surface area contributed by atoms with Crippen molar-refractivity contribution >= 4 is 23.0 Å². The zero-order valence-electron chi connectivity index (χ0n) is 10.8. The first-order chi connectivity index (χ1) is 7.95. The summed E-state index contributed by atoms with van der Waals surface area (Å²) < 4.78 is 0. The second kappa shape index (κ2) is 6.02. The molecular formula is C12H20N2O2S. The van der Waals surface area contributed by atoms with Crippen LogP contribution in [0.15, 0.2) is 11.4 Å². The van der Waals surface area contributed by atoms with E-state index in [1.165, 1.54) is 11.3 Å². The molecule has 1 aromatic rings. The van der Waals surface area contributed by atoms with Gasteiger partial charge in [-0.3, -0.25) is 0 Å². The summed E-state index contributed by atoms with van der Waals surface area (Å²) in [5.74, 6) is -0.849. The highest BCUT2D eigenvalue weighted by atomic mass is 32.1. The van der Waals surface area contributed by atoms with E-state index in [-0.39, 0.29) is 0 Å². The Balaban J connectivity index is 2.81. The summed E-state index contributed by atoms with van der Waals surface area (Å²) in [6.07, 6.45) is 0. The molecule has 1 atom stereocenters. The van der Waals surface area contributed by atoms with E-state index in [2.05, 4.69) is 23.6 Å². The van der Waals surface area contributed by atoms with Gasteiger partial charge < -0.3 is 14.9 Å². The van der Waals surface area contributed by atoms with E-state index in [0.717, 1.165) is 18.8 Å². The van der Waals surface area contributed by atoms with Crippen LogP contribution in [0.2, 0.25) is 0 Å². The minimum atomic E-state index is -0.849. The van der Waals surface area contributed by atoms with Crippen LogP contribution in [0.4, 0.5) is 5.69 Å². The maximum absolute atomic E-state index is 10.9. The number of hydrogen-bond acceptors (Lipinski definition) is 4. The number of carbonyl (C=O) groups is 1. The maximum Gasteiger partial charge on any atom is 0.345 e. The molecule has 0 aliphatic rings. The molecule has 0 bridgehead atoms. The second-order valence-corrected chi connectivity index (χ2v) is 5.28. The first kappa shape index (κ1) is 14.0. The lowest BCUT2D eigenvalue weighted by molar-refractivity contribution is 0.0702. The van der Waals surface area contributed by atoms with Gasteiger partial charge >= 0.3 is 5.97 Å². The summed E-state index contributed by atoms with van der Waals surface area (Å²) in [5.41, 5.74) is 1.00. The van der Waals surface area contributed by atoms with Crippen molar-refractivity contribution in [2.24, 2.45) is 0 Å². The van der Waals surface area contributed by atoms with Crippen LogP contribution in [0.1, 0.15) is 23.5 Å². The molecule has 0 aliphatic carbocycles. The molecule has 1 unspecified atom stereocenters. The molecule has 0 fully saturated rings. The zero-order valence-corrected chi connectivity index (χ0v) is 11.6. The third kappa shape index (κ3) is 3.71. The summed E-state index contributed by atoms with van der Waals surface area (Å²) in [4.78, 5) is 15.6. The predicted molar refractivity (Wildman–Crippen MR) is 72.3 cm³/mol. The third-order valence-electron chi connectivity index (χ3n) is 2.63. The number of hydrogen-bond donors (Lipinski definition) is 1. The van der Waals surface area contributed by atoms with Crippen molar-refractivity contribution in [3.8, 4) is 0 Å². The molecule has 1 aromatic heterocycles. The number of carboxylic acid groups (broad SMARTS) is 1. The minimum absolute atomic E-state index is 0.367. The summed E-state index contributed by atoms with van der Waals surface area (Å²) in [6.45, 7) is 6.07. The van der Waals surface area contributed by atoms with Crippen molar-refractivity contribution in [3.63, 3.8) is 0 Å². The number of likely N-dealkylation sites (N-methyl/N-ethyl adjacent to an activating group) is 2. The van der Waals surface area contributed by atoms with Crippen LogP contribution in [0, 0.1) is 0 Å². The van der Waals surface area contributed by atoms with Gasteiger partial charge in [0.05, 0.1) is 0 Å². The van der Waals surface area contributed by atoms with Crippen molar-refractivity contribution in [2.45, 2.75) is 19.9 Å². The Kier molecular flexibility index (Phi) is 4.96. The molecule has 1 N–H and O–H groups in total. The monoisotopic (exact) mass is 256 g/mol. The van der Waals surface area contributed by atoms with Crippen molar-refractivity contribution < 1.29 is 9.90 Å². The number of carboxylic acids is 1. The first-order valence-electron chi connectivity index (χ1n) is 5.68. The van der Waals surface area contributed by atoms with Gasteiger partial charge in [0.15, 0.2) is 0 Å². The second-order valence-electron chi connectivity index (χ2n) is 4.37. The average Bonchev–Trinajstić information content (AvgIpc) is 2.66. The number of nitrogens with zero attached hydrogens (tertiary/aromatic N) is 2. The van der Waals surface area contributed by atoms with Gasteiger partial charge in [-0.25, -0.2) is 4.79 Å². The molecule has 4 nitrogen and oxygen atoms in total. The largest absolute Gasteiger partial charge is 0.477 e. The highest BCUT2D eigenvalue weighted by Gasteiger charge is 2.16. The Labute approximate surface area is 106 Å². The van der Waals surface area contributed by atoms with Gasteiger partial charge in [-0.1, -0.05) is 0 Å². The van der Waals surface area contributed by atoms with Crippen molar-refractivity contribution in [3.05, 3.63) is 16.3 Å². The highest BCUT2D eigenvalue weighted by molar-refractivity contribution is 7.12. The average molecular weight is 256 g/mol. The van der Waals surface area contributed by atoms with Gasteiger partial charge in [-0.15, -0.1) is 11.3 Å². The van der Waals surface area contributed by atoms with Crippen LogP contribution in [-0.2, 0) is 0 Å². The van der Waals surface area contributed by atoms with Crippen LogP contribution in [0.5, 0.6) is 0 Å². The van der Waals surface area contributed by atoms with Crippen molar-refractivity contribution in [1.82, 2.24) is 4.90 Å². The van der Waals surface area contributed by atoms with Gasteiger partial charge in [-0.05, 0) is 34.0 Å². The minimum Gasteiger partial charge on any atom is -0.477 e. The molecule has 1 rings (SSSR count). The molecule has 0 radical (unpaired) electrons. The fourth-order valence-corrected chi connectivity index (χ4v) is 2.71. The SMILES string of the molecule is CCN(c1csc(C(=O)O)c1)C(C)CN(C)C. The number of thiophene rings is 1. The van der Waals surface area contributed by atoms with E-state index >= 15 is 0 Å². The van der Waals surface area contributed by atoms with Gasteiger partial charge in [0, 0.05) is 30.2 Å². The van der Waals surface area contributed by atoms with Gasteiger partial charge in [0.25, 0.3) is 0 Å². The predicted octanol–water partition coefficient (Wildman–Crippen LogP) is 2.22. The fourth-order valence-electron chi connectivity index (χ4n) is 1.96. The molecule has 0 aliphatic heterocycles. The lowest BCUT2D eigenvalue weighted by atomic mass is 10.2. The van der Waals surface area contributed by atoms with Gasteiger partial charge in [-0.2, -0.15) is 0 Å². The van der Waals surface area contributed by atoms with Crippen LogP contribution in [0.25, 0.3) is 0 Å². The van der Waals surface area contributed by atoms with E-state index in [4.69, 9.17) is 5.11 Å². The Hall–Kier alpha value is -1.07. The van der Waals surface area contributed by atoms with Crippen LogP contribution in [0.3, 0.4) is 0 Å². The summed E-state index contributed by atoms with van der Waals surface area (Å²) in [7, 11) is 4.08. The fraction of sp³-hybridized carbons (Fsp3) is 0.583. The Morgan fingerprint density at radius 3 is 2.59 bits per heavy atom. The topological polar surface area (TPSA) is 43.8 Å². The first-order valence-corrected chi connectivity index (χ1v) is 6.56. The molecule has 0 aromatic carbocycles. The highest BCUT2D eigenvalue weighted by Crippen LogP contribution is 2.24. The zero-order chi connectivity index (χ0) is 13.0. The van der Waals surface area contributed by atoms with E-state index in [0.29, 0.717) is 10.9 Å². The molecule has 0 amide bonds. The van der Waals surface area contributed by atoms with Crippen molar-refractivity contribution in [2.75, 3.05) is 32.1 Å². The van der Waals surface area contributed by atoms with Gasteiger partial charge in [0.2, 0.25) is 0 Å². The molecule has 0 saturated carbocycles. The Morgan fingerprint density at radius 1 is 1.53 bits per heavy atom. The molecule has 0 spiro atoms. The quantitative estimate of drug-likeness (QED) is 0.847. The third-order valence-corrected chi connectivity index (χ3v) is 3.54. The number of anilines is 1. The molecular weight excluding hydrogens is 236 g/mol.